The van der Waals surface area contributed by atoms with E-state index in [1.807, 2.05) is 25.2 Å². The minimum Gasteiger partial charge on any atom is -0.295 e. The first-order valence-electron chi connectivity index (χ1n) is 7.89. The van der Waals surface area contributed by atoms with Gasteiger partial charge in [-0.2, -0.15) is 9.61 Å². The van der Waals surface area contributed by atoms with Crippen molar-refractivity contribution in [2.24, 2.45) is 0 Å². The Morgan fingerprint density at radius 1 is 1.00 bits per heavy atom. The van der Waals surface area contributed by atoms with E-state index in [4.69, 9.17) is 0 Å². The van der Waals surface area contributed by atoms with Crippen molar-refractivity contribution in [1.29, 1.82) is 0 Å². The molecular formula is C18H16FN5S. The zero-order chi connectivity index (χ0) is 17.2. The van der Waals surface area contributed by atoms with Gasteiger partial charge in [0.05, 0.1) is 6.54 Å². The van der Waals surface area contributed by atoms with Gasteiger partial charge in [0.15, 0.2) is 10.8 Å². The molecule has 0 bridgehead atoms. The molecule has 0 aliphatic heterocycles. The van der Waals surface area contributed by atoms with Gasteiger partial charge in [0.25, 0.3) is 0 Å². The lowest BCUT2D eigenvalue weighted by atomic mass is 10.2. The number of nitrogens with zero attached hydrogens (tertiary/aromatic N) is 5. The lowest BCUT2D eigenvalue weighted by molar-refractivity contribution is 0.308. The molecule has 0 amide bonds. The molecule has 0 N–H and O–H groups in total. The van der Waals surface area contributed by atoms with Crippen LogP contribution in [-0.4, -0.2) is 31.8 Å². The average Bonchev–Trinajstić information content (AvgIpc) is 3.18. The minimum absolute atomic E-state index is 0.282. The smallest absolute Gasteiger partial charge is 0.235 e. The molecule has 0 spiro atoms. The fraction of sp³-hybridized carbons (Fsp3) is 0.167. The first kappa shape index (κ1) is 15.9. The molecule has 0 unspecified atom stereocenters. The quantitative estimate of drug-likeness (QED) is 0.550. The van der Waals surface area contributed by atoms with Crippen LogP contribution in [0.3, 0.4) is 0 Å². The fourth-order valence-corrected chi connectivity index (χ4v) is 3.58. The van der Waals surface area contributed by atoms with Crippen LogP contribution < -0.4 is 0 Å². The maximum atomic E-state index is 14.0. The Balaban J connectivity index is 1.57. The summed E-state index contributed by atoms with van der Waals surface area (Å²) in [5, 5.41) is 13.5. The summed E-state index contributed by atoms with van der Waals surface area (Å²) in [4.78, 5) is 2.81. The molecule has 2 aromatic heterocycles. The third kappa shape index (κ3) is 3.29. The molecule has 0 radical (unpaired) electrons. The number of halogens is 1. The van der Waals surface area contributed by atoms with Crippen LogP contribution in [0.1, 0.15) is 11.4 Å². The summed E-state index contributed by atoms with van der Waals surface area (Å²) in [5.41, 5.74) is 1.72. The fourth-order valence-electron chi connectivity index (χ4n) is 2.69. The van der Waals surface area contributed by atoms with Crippen molar-refractivity contribution >= 4 is 16.3 Å². The van der Waals surface area contributed by atoms with Crippen molar-refractivity contribution in [1.82, 2.24) is 24.7 Å². The van der Waals surface area contributed by atoms with Crippen LogP contribution >= 0.6 is 11.3 Å². The summed E-state index contributed by atoms with van der Waals surface area (Å²) < 4.78 is 15.7. The third-order valence-electron chi connectivity index (χ3n) is 3.87. The van der Waals surface area contributed by atoms with E-state index in [0.717, 1.165) is 12.4 Å². The zero-order valence-electron chi connectivity index (χ0n) is 13.6. The number of aromatic nitrogens is 4. The van der Waals surface area contributed by atoms with E-state index in [0.29, 0.717) is 22.1 Å². The first-order chi connectivity index (χ1) is 12.2. The van der Waals surface area contributed by atoms with Crippen molar-refractivity contribution in [3.8, 4) is 10.6 Å². The van der Waals surface area contributed by atoms with Crippen molar-refractivity contribution in [2.45, 2.75) is 13.1 Å². The highest BCUT2D eigenvalue weighted by Gasteiger charge is 2.16. The monoisotopic (exact) mass is 353 g/mol. The molecule has 126 valence electrons. The molecule has 4 rings (SSSR count). The molecule has 4 aromatic rings. The van der Waals surface area contributed by atoms with Gasteiger partial charge in [0.1, 0.15) is 5.82 Å². The van der Waals surface area contributed by atoms with Crippen LogP contribution in [-0.2, 0) is 13.1 Å². The van der Waals surface area contributed by atoms with Gasteiger partial charge in [0, 0.05) is 12.1 Å². The van der Waals surface area contributed by atoms with Gasteiger partial charge in [0.2, 0.25) is 4.96 Å². The number of benzene rings is 2. The largest absolute Gasteiger partial charge is 0.295 e. The molecule has 2 heterocycles. The first-order valence-corrected chi connectivity index (χ1v) is 8.71. The van der Waals surface area contributed by atoms with Crippen molar-refractivity contribution in [2.75, 3.05) is 7.05 Å². The van der Waals surface area contributed by atoms with Gasteiger partial charge in [-0.15, -0.1) is 10.2 Å². The molecule has 25 heavy (non-hydrogen) atoms. The predicted molar refractivity (Wildman–Crippen MR) is 95.7 cm³/mol. The van der Waals surface area contributed by atoms with Gasteiger partial charge in [-0.3, -0.25) is 4.90 Å². The second-order valence-electron chi connectivity index (χ2n) is 5.86. The summed E-state index contributed by atoms with van der Waals surface area (Å²) in [6.45, 7) is 1.41. The van der Waals surface area contributed by atoms with E-state index < -0.39 is 0 Å². The van der Waals surface area contributed by atoms with Crippen LogP contribution in [0.5, 0.6) is 0 Å². The molecule has 7 heteroatoms. The van der Waals surface area contributed by atoms with Gasteiger partial charge < -0.3 is 0 Å². The van der Waals surface area contributed by atoms with Crippen molar-refractivity contribution in [3.63, 3.8) is 0 Å². The topological polar surface area (TPSA) is 46.3 Å². The van der Waals surface area contributed by atoms with Crippen LogP contribution in [0, 0.1) is 5.82 Å². The molecule has 2 aromatic carbocycles. The third-order valence-corrected chi connectivity index (χ3v) is 4.80. The lowest BCUT2D eigenvalue weighted by Gasteiger charge is -2.14. The number of hydrogen-bond acceptors (Lipinski definition) is 5. The van der Waals surface area contributed by atoms with Crippen LogP contribution in [0.25, 0.3) is 15.5 Å². The normalized spacial score (nSPS) is 11.5. The van der Waals surface area contributed by atoms with Gasteiger partial charge >= 0.3 is 0 Å². The lowest BCUT2D eigenvalue weighted by Crippen LogP contribution is -2.19. The van der Waals surface area contributed by atoms with Gasteiger partial charge in [-0.25, -0.2) is 4.39 Å². The van der Waals surface area contributed by atoms with Crippen molar-refractivity contribution in [3.05, 3.63) is 71.8 Å². The summed E-state index contributed by atoms with van der Waals surface area (Å²) in [6, 6.07) is 16.9. The summed E-state index contributed by atoms with van der Waals surface area (Å²) in [6.07, 6.45) is 0. The van der Waals surface area contributed by atoms with Gasteiger partial charge in [-0.05, 0) is 24.7 Å². The molecular weight excluding hydrogens is 337 g/mol. The van der Waals surface area contributed by atoms with Crippen LogP contribution in [0.4, 0.5) is 4.39 Å². The molecule has 0 saturated heterocycles. The molecule has 5 nitrogen and oxygen atoms in total. The molecule has 0 saturated carbocycles. The molecule has 0 fully saturated rings. The zero-order valence-corrected chi connectivity index (χ0v) is 14.4. The Hall–Kier alpha value is -2.64. The SMILES string of the molecule is CN(Cc1ccccc1)Cc1nnc2sc(-c3ccccc3F)nn12. The molecule has 0 atom stereocenters. The van der Waals surface area contributed by atoms with E-state index in [9.17, 15) is 4.39 Å². The Labute approximate surface area is 148 Å². The highest BCUT2D eigenvalue weighted by molar-refractivity contribution is 7.19. The Morgan fingerprint density at radius 3 is 2.56 bits per heavy atom. The second kappa shape index (κ2) is 6.70. The molecule has 0 aliphatic rings. The Bertz CT molecular complexity index is 995. The maximum absolute atomic E-state index is 14.0. The van der Waals surface area contributed by atoms with Gasteiger partial charge in [-0.1, -0.05) is 53.8 Å². The number of rotatable bonds is 5. The number of hydrogen-bond donors (Lipinski definition) is 0. The Morgan fingerprint density at radius 2 is 1.76 bits per heavy atom. The van der Waals surface area contributed by atoms with Crippen LogP contribution in [0.15, 0.2) is 54.6 Å². The van der Waals surface area contributed by atoms with E-state index in [1.54, 1.807) is 22.7 Å². The minimum atomic E-state index is -0.282. The van der Waals surface area contributed by atoms with E-state index in [2.05, 4.69) is 32.3 Å². The summed E-state index contributed by atoms with van der Waals surface area (Å²) in [7, 11) is 2.03. The standard InChI is InChI=1S/C18H16FN5S/c1-23(11-13-7-3-2-4-8-13)12-16-20-21-18-24(16)22-17(25-18)14-9-5-6-10-15(14)19/h2-10H,11-12H2,1H3. The van der Waals surface area contributed by atoms with Crippen molar-refractivity contribution < 1.29 is 4.39 Å². The van der Waals surface area contributed by atoms with E-state index in [1.165, 1.54) is 23.0 Å². The molecule has 0 aliphatic carbocycles. The van der Waals surface area contributed by atoms with E-state index in [-0.39, 0.29) is 5.82 Å². The van der Waals surface area contributed by atoms with Crippen LogP contribution in [0.2, 0.25) is 0 Å². The second-order valence-corrected chi connectivity index (χ2v) is 6.81. The highest BCUT2D eigenvalue weighted by Crippen LogP contribution is 2.27. The Kier molecular flexibility index (Phi) is 4.25. The summed E-state index contributed by atoms with van der Waals surface area (Å²) >= 11 is 1.34. The average molecular weight is 353 g/mol. The number of fused-ring (bicyclic) bond motifs is 1. The maximum Gasteiger partial charge on any atom is 0.235 e. The summed E-state index contributed by atoms with van der Waals surface area (Å²) in [5.74, 6) is 0.461. The highest BCUT2D eigenvalue weighted by atomic mass is 32.1. The van der Waals surface area contributed by atoms with E-state index >= 15 is 0 Å². The predicted octanol–water partition coefficient (Wildman–Crippen LogP) is 3.62.